The molecule has 2 aromatic rings. The van der Waals surface area contributed by atoms with Gasteiger partial charge in [-0.1, -0.05) is 12.5 Å². The number of hydrogen-bond acceptors (Lipinski definition) is 4. The molecular formula is C19H19N3OS. The Bertz CT molecular complexity index is 854. The molecule has 3 heterocycles. The van der Waals surface area contributed by atoms with Crippen molar-refractivity contribution in [1.29, 1.82) is 0 Å². The summed E-state index contributed by atoms with van der Waals surface area (Å²) in [4.78, 5) is 19.1. The molecule has 1 atom stereocenters. The summed E-state index contributed by atoms with van der Waals surface area (Å²) in [7, 11) is 1.74. The second kappa shape index (κ2) is 6.14. The van der Waals surface area contributed by atoms with Crippen LogP contribution < -0.4 is 5.32 Å². The smallest absolute Gasteiger partial charge is 0.230 e. The number of rotatable bonds is 2. The quantitative estimate of drug-likeness (QED) is 0.855. The molecule has 2 aromatic heterocycles. The Balaban J connectivity index is 1.93. The molecule has 3 rings (SSSR count). The molecule has 1 aliphatic heterocycles. The van der Waals surface area contributed by atoms with E-state index >= 15 is 0 Å². The van der Waals surface area contributed by atoms with E-state index < -0.39 is 5.54 Å². The fourth-order valence-corrected chi connectivity index (χ4v) is 3.79. The summed E-state index contributed by atoms with van der Waals surface area (Å²) < 4.78 is 0. The first-order valence-electron chi connectivity index (χ1n) is 7.64. The molecule has 1 saturated heterocycles. The molecule has 1 N–H and O–H groups in total. The zero-order valence-corrected chi connectivity index (χ0v) is 14.8. The maximum absolute atomic E-state index is 12.2. The van der Waals surface area contributed by atoms with E-state index in [-0.39, 0.29) is 5.91 Å². The van der Waals surface area contributed by atoms with Crippen molar-refractivity contribution in [3.05, 3.63) is 52.7 Å². The molecular weight excluding hydrogens is 318 g/mol. The monoisotopic (exact) mass is 337 g/mol. The van der Waals surface area contributed by atoms with Crippen LogP contribution in [0.3, 0.4) is 0 Å². The molecule has 0 spiro atoms. The number of hydrogen-bond donors (Lipinski definition) is 1. The molecule has 0 aromatic carbocycles. The van der Waals surface area contributed by atoms with E-state index in [0.717, 1.165) is 21.6 Å². The highest BCUT2D eigenvalue weighted by molar-refractivity contribution is 7.10. The fraction of sp³-hybridized carbons (Fsp3) is 0.263. The summed E-state index contributed by atoms with van der Waals surface area (Å²) in [6.07, 6.45) is 4.00. The van der Waals surface area contributed by atoms with Crippen molar-refractivity contribution in [3.63, 3.8) is 0 Å². The lowest BCUT2D eigenvalue weighted by Gasteiger charge is -2.39. The summed E-state index contributed by atoms with van der Waals surface area (Å²) >= 11 is 1.64. The van der Waals surface area contributed by atoms with Gasteiger partial charge >= 0.3 is 0 Å². The largest absolute Gasteiger partial charge is 0.361 e. The Labute approximate surface area is 146 Å². The van der Waals surface area contributed by atoms with Gasteiger partial charge in [0.05, 0.1) is 12.0 Å². The van der Waals surface area contributed by atoms with E-state index in [1.165, 1.54) is 0 Å². The Morgan fingerprint density at radius 1 is 1.38 bits per heavy atom. The molecule has 0 saturated carbocycles. The molecule has 4 nitrogen and oxygen atoms in total. The summed E-state index contributed by atoms with van der Waals surface area (Å²) in [5, 5.41) is 5.46. The van der Waals surface area contributed by atoms with Crippen molar-refractivity contribution < 1.29 is 4.79 Å². The molecule has 0 radical (unpaired) electrons. The topological polar surface area (TPSA) is 45.2 Å². The average molecular weight is 337 g/mol. The summed E-state index contributed by atoms with van der Waals surface area (Å²) in [6.45, 7) is 7.79. The van der Waals surface area contributed by atoms with Crippen LogP contribution >= 0.6 is 11.3 Å². The van der Waals surface area contributed by atoms with Crippen LogP contribution in [0.4, 0.5) is 0 Å². The predicted molar refractivity (Wildman–Crippen MR) is 97.1 cm³/mol. The Hall–Kier alpha value is -2.58. The lowest BCUT2D eigenvalue weighted by molar-refractivity contribution is -0.132. The minimum absolute atomic E-state index is 0.0677. The van der Waals surface area contributed by atoms with E-state index in [4.69, 9.17) is 0 Å². The first kappa shape index (κ1) is 16.3. The average Bonchev–Trinajstić information content (AvgIpc) is 3.04. The second-order valence-corrected chi connectivity index (χ2v) is 6.98. The Morgan fingerprint density at radius 3 is 2.88 bits per heavy atom. The predicted octanol–water partition coefficient (Wildman–Crippen LogP) is 3.32. The van der Waals surface area contributed by atoms with Gasteiger partial charge in [0.1, 0.15) is 5.82 Å². The van der Waals surface area contributed by atoms with E-state index in [1.807, 2.05) is 26.1 Å². The number of amides is 1. The van der Waals surface area contributed by atoms with Gasteiger partial charge in [0.2, 0.25) is 5.91 Å². The van der Waals surface area contributed by atoms with Crippen LogP contribution in [-0.4, -0.2) is 22.8 Å². The van der Waals surface area contributed by atoms with Gasteiger partial charge in [0.25, 0.3) is 0 Å². The summed E-state index contributed by atoms with van der Waals surface area (Å²) in [5.74, 6) is 6.62. The molecule has 1 amide bonds. The van der Waals surface area contributed by atoms with Crippen molar-refractivity contribution in [2.75, 3.05) is 7.05 Å². The van der Waals surface area contributed by atoms with Gasteiger partial charge < -0.3 is 10.2 Å². The Kier molecular flexibility index (Phi) is 4.16. The minimum atomic E-state index is -0.433. The molecule has 24 heavy (non-hydrogen) atoms. The van der Waals surface area contributed by atoms with Crippen molar-refractivity contribution in [2.24, 2.45) is 0 Å². The lowest BCUT2D eigenvalue weighted by atomic mass is 9.92. The second-order valence-electron chi connectivity index (χ2n) is 6.07. The number of nitrogens with one attached hydrogen (secondary N) is 1. The number of carbonyl (C=O) groups excluding carboxylic acids is 1. The van der Waals surface area contributed by atoms with E-state index in [0.29, 0.717) is 12.2 Å². The highest BCUT2D eigenvalue weighted by atomic mass is 32.1. The maximum atomic E-state index is 12.2. The highest BCUT2D eigenvalue weighted by Crippen LogP contribution is 2.37. The van der Waals surface area contributed by atoms with Gasteiger partial charge in [0, 0.05) is 35.4 Å². The van der Waals surface area contributed by atoms with Crippen molar-refractivity contribution in [2.45, 2.75) is 25.8 Å². The number of carbonyl (C=O) groups is 1. The third-order valence-electron chi connectivity index (χ3n) is 4.19. The SMILES string of the molecule is C=C1N[C@](C)(c2cc(-c3cncc(C#CC)c3)cs2)CC(=O)N1C. The molecule has 1 fully saturated rings. The van der Waals surface area contributed by atoms with Gasteiger partial charge in [-0.3, -0.25) is 9.78 Å². The third kappa shape index (κ3) is 2.93. The number of aromatic nitrogens is 1. The summed E-state index contributed by atoms with van der Waals surface area (Å²) in [6, 6.07) is 4.15. The third-order valence-corrected chi connectivity index (χ3v) is 5.38. The van der Waals surface area contributed by atoms with E-state index in [9.17, 15) is 4.79 Å². The van der Waals surface area contributed by atoms with Crippen LogP contribution in [-0.2, 0) is 10.3 Å². The van der Waals surface area contributed by atoms with Gasteiger partial charge in [0.15, 0.2) is 0 Å². The molecule has 1 aliphatic rings. The van der Waals surface area contributed by atoms with Crippen LogP contribution in [0.2, 0.25) is 0 Å². The van der Waals surface area contributed by atoms with Crippen LogP contribution in [0.1, 0.15) is 30.7 Å². The minimum Gasteiger partial charge on any atom is -0.361 e. The molecule has 5 heteroatoms. The first-order valence-corrected chi connectivity index (χ1v) is 8.52. The van der Waals surface area contributed by atoms with E-state index in [2.05, 4.69) is 40.2 Å². The van der Waals surface area contributed by atoms with E-state index in [1.54, 1.807) is 29.5 Å². The van der Waals surface area contributed by atoms with Crippen molar-refractivity contribution in [1.82, 2.24) is 15.2 Å². The maximum Gasteiger partial charge on any atom is 0.230 e. The normalized spacial score (nSPS) is 20.4. The zero-order chi connectivity index (χ0) is 17.3. The summed E-state index contributed by atoms with van der Waals surface area (Å²) in [5.41, 5.74) is 2.58. The van der Waals surface area contributed by atoms with Crippen LogP contribution in [0.25, 0.3) is 11.1 Å². The van der Waals surface area contributed by atoms with Crippen molar-refractivity contribution in [3.8, 4) is 23.0 Å². The van der Waals surface area contributed by atoms with Gasteiger partial charge in [-0.2, -0.15) is 0 Å². The highest BCUT2D eigenvalue weighted by Gasteiger charge is 2.37. The van der Waals surface area contributed by atoms with Crippen LogP contribution in [0.15, 0.2) is 42.3 Å². The lowest BCUT2D eigenvalue weighted by Crippen LogP contribution is -2.52. The zero-order valence-electron chi connectivity index (χ0n) is 14.0. The number of nitrogens with zero attached hydrogens (tertiary/aromatic N) is 2. The van der Waals surface area contributed by atoms with Gasteiger partial charge in [-0.15, -0.1) is 17.3 Å². The van der Waals surface area contributed by atoms with Gasteiger partial charge in [-0.25, -0.2) is 0 Å². The molecule has 0 bridgehead atoms. The van der Waals surface area contributed by atoms with Crippen LogP contribution in [0.5, 0.6) is 0 Å². The Morgan fingerprint density at radius 2 is 2.17 bits per heavy atom. The van der Waals surface area contributed by atoms with Crippen LogP contribution in [0, 0.1) is 11.8 Å². The fourth-order valence-electron chi connectivity index (χ4n) is 2.75. The standard InChI is InChI=1S/C19H19N3OS/c1-5-6-14-7-15(11-20-10-14)16-8-17(24-12-16)19(3)9-18(23)22(4)13(2)21-19/h7-8,10-12,21H,2,9H2,1,3-4H3/t19-/m0/s1. The van der Waals surface area contributed by atoms with Crippen molar-refractivity contribution >= 4 is 17.2 Å². The number of pyridine rings is 1. The van der Waals surface area contributed by atoms with Gasteiger partial charge in [-0.05, 0) is 36.9 Å². The molecule has 0 unspecified atom stereocenters. The number of thiophene rings is 1. The molecule has 0 aliphatic carbocycles. The first-order chi connectivity index (χ1) is 11.4. The molecule has 122 valence electrons.